The first-order valence-corrected chi connectivity index (χ1v) is 22.6. The van der Waals surface area contributed by atoms with E-state index < -0.39 is 9.05 Å². The zero-order valence-electron chi connectivity index (χ0n) is 26.4. The molecule has 0 bridgehead atoms. The van der Waals surface area contributed by atoms with Crippen molar-refractivity contribution in [2.75, 3.05) is 13.2 Å². The van der Waals surface area contributed by atoms with Gasteiger partial charge in [0.15, 0.2) is 0 Å². The molecule has 0 aromatic heterocycles. The minimum absolute atomic E-state index is 0.149. The standard InChI is InChI=1S/C24H50O4Si.2C4H9.Sn/c1-3-5-7-9-11-13-15-17-19-21-23-27-29(25,26)28-24-22-20-18-16-14-12-10-8-6-4-2;2*1-3-4-2;/h3-24H2,1-2H3;2*1,3-4H2,2H3;/q-2;;;+2. The van der Waals surface area contributed by atoms with Crippen LogP contribution in [0.3, 0.4) is 0 Å². The fourth-order valence-electron chi connectivity index (χ4n) is 4.34. The van der Waals surface area contributed by atoms with Crippen molar-refractivity contribution < 1.29 is 18.4 Å². The summed E-state index contributed by atoms with van der Waals surface area (Å²) in [6.45, 7) is 9.61. The average molecular weight is 664 g/mol. The topological polar surface area (TPSA) is 64.6 Å². The molecule has 0 unspecified atom stereocenters. The fourth-order valence-corrected chi connectivity index (χ4v) is 9.37. The Balaban J connectivity index is 0. The molecule has 0 N–H and O–H groups in total. The summed E-state index contributed by atoms with van der Waals surface area (Å²) in [5.74, 6) is 0. The summed E-state index contributed by atoms with van der Waals surface area (Å²) in [6.07, 6.45) is 30.4. The van der Waals surface area contributed by atoms with Crippen molar-refractivity contribution in [1.29, 1.82) is 0 Å². The summed E-state index contributed by atoms with van der Waals surface area (Å²) in [7, 11) is -4.39. The van der Waals surface area contributed by atoms with Crippen LogP contribution in [0.15, 0.2) is 0 Å². The number of hydrogen-bond acceptors (Lipinski definition) is 4. The molecule has 0 aliphatic carbocycles. The van der Waals surface area contributed by atoms with Crippen LogP contribution in [0.4, 0.5) is 0 Å². The minimum atomic E-state index is -4.39. The second-order valence-electron chi connectivity index (χ2n) is 11.0. The van der Waals surface area contributed by atoms with Crippen LogP contribution in [-0.4, -0.2) is 43.4 Å². The van der Waals surface area contributed by atoms with Crippen LogP contribution in [0, 0.1) is 0 Å². The normalized spacial score (nSPS) is 11.3. The van der Waals surface area contributed by atoms with Crippen LogP contribution in [0.1, 0.15) is 182 Å². The summed E-state index contributed by atoms with van der Waals surface area (Å²) in [6, 6.07) is 0. The van der Waals surface area contributed by atoms with Crippen LogP contribution in [-0.2, 0) is 8.85 Å². The van der Waals surface area contributed by atoms with Crippen LogP contribution in [0.25, 0.3) is 0 Å². The van der Waals surface area contributed by atoms with E-state index in [1.54, 1.807) is 8.87 Å². The van der Waals surface area contributed by atoms with Gasteiger partial charge in [-0.1, -0.05) is 129 Å². The molecule has 0 heterocycles. The molecule has 0 aliphatic rings. The molecular weight excluding hydrogens is 595 g/mol. The van der Waals surface area contributed by atoms with Gasteiger partial charge in [-0.2, -0.15) is 0 Å². The Hall–Kier alpha value is 0.856. The average Bonchev–Trinajstić information content (AvgIpc) is 2.90. The molecule has 228 valence electrons. The van der Waals surface area contributed by atoms with Crippen molar-refractivity contribution >= 4 is 30.2 Å². The molecule has 0 rings (SSSR count). The first-order chi connectivity index (χ1) is 18.5. The van der Waals surface area contributed by atoms with Crippen molar-refractivity contribution in [3.8, 4) is 0 Å². The molecule has 0 fully saturated rings. The van der Waals surface area contributed by atoms with Crippen molar-refractivity contribution in [3.63, 3.8) is 0 Å². The van der Waals surface area contributed by atoms with Gasteiger partial charge in [0.25, 0.3) is 0 Å². The van der Waals surface area contributed by atoms with Crippen LogP contribution >= 0.6 is 0 Å². The molecule has 0 aromatic rings. The molecule has 0 amide bonds. The van der Waals surface area contributed by atoms with Gasteiger partial charge in [-0.3, -0.25) is 0 Å². The molecule has 6 heteroatoms. The zero-order chi connectivity index (χ0) is 28.4. The van der Waals surface area contributed by atoms with Crippen molar-refractivity contribution in [2.45, 2.75) is 191 Å². The summed E-state index contributed by atoms with van der Waals surface area (Å²) in [5, 5.41) is 0. The molecule has 0 aromatic carbocycles. The van der Waals surface area contributed by atoms with Crippen molar-refractivity contribution in [2.24, 2.45) is 0 Å². The first kappa shape index (κ1) is 41.0. The second kappa shape index (κ2) is 35.9. The summed E-state index contributed by atoms with van der Waals surface area (Å²) in [5.41, 5.74) is 0. The fraction of sp³-hybridized carbons (Fsp3) is 1.00. The van der Waals surface area contributed by atoms with Crippen molar-refractivity contribution in [1.82, 2.24) is 0 Å². The van der Waals surface area contributed by atoms with E-state index in [0.717, 1.165) is 25.7 Å². The Kier molecular flexibility index (Phi) is 38.7. The second-order valence-corrected chi connectivity index (χ2v) is 16.9. The number of unbranched alkanes of at least 4 members (excludes halogenated alkanes) is 20. The summed E-state index contributed by atoms with van der Waals surface area (Å²) < 4.78 is 13.2. The predicted molar refractivity (Wildman–Crippen MR) is 167 cm³/mol. The van der Waals surface area contributed by atoms with Crippen LogP contribution < -0.4 is 9.59 Å². The molecule has 0 aliphatic heterocycles. The molecule has 0 saturated carbocycles. The Morgan fingerprint density at radius 2 is 0.658 bits per heavy atom. The molecule has 0 saturated heterocycles. The quantitative estimate of drug-likeness (QED) is 0.0568. The first-order valence-electron chi connectivity index (χ1n) is 16.9. The molecule has 0 radical (unpaired) electrons. The SMILES string of the molecule is CCCCCCCCCCCCO[Si]([O-])([O-])OCCCCCCCCCCCC.CCC[CH2][Sn+2][CH2]CCC. The van der Waals surface area contributed by atoms with E-state index in [9.17, 15) is 9.59 Å². The zero-order valence-corrected chi connectivity index (χ0v) is 30.3. The van der Waals surface area contributed by atoms with Gasteiger partial charge >= 0.3 is 69.5 Å². The van der Waals surface area contributed by atoms with E-state index in [1.807, 2.05) is 0 Å². The van der Waals surface area contributed by atoms with Gasteiger partial charge in [-0.15, -0.1) is 0 Å². The molecule has 0 spiro atoms. The van der Waals surface area contributed by atoms with E-state index in [-0.39, 0.29) is 34.4 Å². The van der Waals surface area contributed by atoms with E-state index in [0.29, 0.717) is 0 Å². The Morgan fingerprint density at radius 1 is 0.395 bits per heavy atom. The van der Waals surface area contributed by atoms with Gasteiger partial charge in [0.2, 0.25) is 0 Å². The maximum absolute atomic E-state index is 11.8. The van der Waals surface area contributed by atoms with Gasteiger partial charge in [0.05, 0.1) is 0 Å². The van der Waals surface area contributed by atoms with Crippen molar-refractivity contribution in [3.05, 3.63) is 0 Å². The van der Waals surface area contributed by atoms with Gasteiger partial charge in [-0.05, 0) is 12.8 Å². The third kappa shape index (κ3) is 39.0. The van der Waals surface area contributed by atoms with E-state index in [1.165, 1.54) is 128 Å². The van der Waals surface area contributed by atoms with Crippen LogP contribution in [0.5, 0.6) is 0 Å². The number of rotatable bonds is 30. The van der Waals surface area contributed by atoms with Gasteiger partial charge in [-0.25, -0.2) is 0 Å². The Bertz CT molecular complexity index is 379. The monoisotopic (exact) mass is 664 g/mol. The summed E-state index contributed by atoms with van der Waals surface area (Å²) in [4.78, 5) is 23.5. The van der Waals surface area contributed by atoms with Gasteiger partial charge in [0.1, 0.15) is 9.05 Å². The third-order valence-corrected chi connectivity index (χ3v) is 12.1. The molecular formula is C32H68O4SiSn. The third-order valence-electron chi connectivity index (χ3n) is 6.97. The Morgan fingerprint density at radius 3 is 0.947 bits per heavy atom. The maximum atomic E-state index is 11.8. The Labute approximate surface area is 251 Å². The van der Waals surface area contributed by atoms with Gasteiger partial charge in [0, 0.05) is 13.2 Å². The summed E-state index contributed by atoms with van der Waals surface area (Å²) >= 11 is 0.149. The van der Waals surface area contributed by atoms with Gasteiger partial charge < -0.3 is 18.4 Å². The van der Waals surface area contributed by atoms with E-state index in [2.05, 4.69) is 27.7 Å². The van der Waals surface area contributed by atoms with Crippen LogP contribution in [0.2, 0.25) is 8.87 Å². The van der Waals surface area contributed by atoms with E-state index in [4.69, 9.17) is 8.85 Å². The molecule has 0 atom stereocenters. The molecule has 4 nitrogen and oxygen atoms in total. The predicted octanol–water partition coefficient (Wildman–Crippen LogP) is 9.15. The van der Waals surface area contributed by atoms with E-state index >= 15 is 0 Å². The number of hydrogen-bond donors (Lipinski definition) is 0. The molecule has 38 heavy (non-hydrogen) atoms.